The molecule has 11 heteroatoms. The number of anilines is 2. The molecule has 3 aromatic rings. The third-order valence-corrected chi connectivity index (χ3v) is 6.09. The Labute approximate surface area is 196 Å². The lowest BCUT2D eigenvalue weighted by molar-refractivity contribution is -0.173. The van der Waals surface area contributed by atoms with Gasteiger partial charge in [0.05, 0.1) is 16.8 Å². The Balaban J connectivity index is 1.71. The van der Waals surface area contributed by atoms with Gasteiger partial charge in [-0.05, 0) is 30.7 Å². The number of aryl methyl sites for hydroxylation is 1. The van der Waals surface area contributed by atoms with E-state index in [0.29, 0.717) is 10.6 Å². The van der Waals surface area contributed by atoms with Crippen LogP contribution in [0, 0.1) is 6.92 Å². The van der Waals surface area contributed by atoms with Crippen molar-refractivity contribution in [2.75, 3.05) is 10.6 Å². The molecule has 0 spiro atoms. The lowest BCUT2D eigenvalue weighted by Crippen LogP contribution is -2.35. The van der Waals surface area contributed by atoms with Gasteiger partial charge >= 0.3 is 6.18 Å². The highest BCUT2D eigenvalue weighted by Gasteiger charge is 2.47. The van der Waals surface area contributed by atoms with E-state index in [1.165, 1.54) is 18.2 Å². The van der Waals surface area contributed by atoms with Crippen LogP contribution in [0.15, 0.2) is 42.5 Å². The number of alkyl halides is 3. The molecule has 2 heterocycles. The molecule has 0 unspecified atom stereocenters. The molecule has 0 radical (unpaired) electrons. The van der Waals surface area contributed by atoms with Crippen molar-refractivity contribution in [3.05, 3.63) is 74.4 Å². The van der Waals surface area contributed by atoms with Gasteiger partial charge < -0.3 is 10.6 Å². The zero-order valence-corrected chi connectivity index (χ0v) is 18.7. The van der Waals surface area contributed by atoms with E-state index < -0.39 is 24.2 Å². The standard InChI is InChI=1S/C21H16Cl3F3N4O/c1-10-2-4-11(5-3-10)14-9-16(21(25,26)27)31-19(28-14)17(24)18(30-31)20(32)29-15-8-12(22)6-7-13(15)23/h2-8,14,16,28H,9H2,1H3,(H,29,32)/t14-,16-/m0/s1. The number of amides is 1. The first-order chi connectivity index (χ1) is 15.0. The highest BCUT2D eigenvalue weighted by Crippen LogP contribution is 2.46. The molecule has 0 saturated carbocycles. The van der Waals surface area contributed by atoms with E-state index in [1.54, 1.807) is 12.1 Å². The summed E-state index contributed by atoms with van der Waals surface area (Å²) in [5.41, 5.74) is 1.48. The number of hydrogen-bond donors (Lipinski definition) is 2. The van der Waals surface area contributed by atoms with Crippen LogP contribution in [-0.2, 0) is 0 Å². The molecule has 5 nitrogen and oxygen atoms in total. The van der Waals surface area contributed by atoms with Gasteiger partial charge in [0.15, 0.2) is 11.7 Å². The van der Waals surface area contributed by atoms with Gasteiger partial charge in [0.25, 0.3) is 5.91 Å². The van der Waals surface area contributed by atoms with Crippen LogP contribution in [0.1, 0.15) is 40.1 Å². The summed E-state index contributed by atoms with van der Waals surface area (Å²) in [5, 5.41) is 9.71. The molecule has 168 valence electrons. The molecule has 4 rings (SSSR count). The molecule has 2 N–H and O–H groups in total. The highest BCUT2D eigenvalue weighted by atomic mass is 35.5. The highest BCUT2D eigenvalue weighted by molar-refractivity contribution is 6.38. The lowest BCUT2D eigenvalue weighted by atomic mass is 9.96. The summed E-state index contributed by atoms with van der Waals surface area (Å²) in [6, 6.07) is 8.96. The van der Waals surface area contributed by atoms with Crippen molar-refractivity contribution < 1.29 is 18.0 Å². The van der Waals surface area contributed by atoms with E-state index >= 15 is 0 Å². The van der Waals surface area contributed by atoms with E-state index in [1.807, 2.05) is 19.1 Å². The molecule has 2 aromatic carbocycles. The van der Waals surface area contributed by atoms with Crippen LogP contribution in [0.4, 0.5) is 24.7 Å². The first kappa shape index (κ1) is 22.8. The van der Waals surface area contributed by atoms with Gasteiger partial charge in [0.1, 0.15) is 10.8 Å². The largest absolute Gasteiger partial charge is 0.410 e. The predicted octanol–water partition coefficient (Wildman–Crippen LogP) is 7.06. The summed E-state index contributed by atoms with van der Waals surface area (Å²) in [5.74, 6) is -0.885. The molecule has 1 aliphatic rings. The number of rotatable bonds is 3. The van der Waals surface area contributed by atoms with Crippen molar-refractivity contribution in [1.29, 1.82) is 0 Å². The molecule has 1 amide bonds. The van der Waals surface area contributed by atoms with Crippen molar-refractivity contribution in [2.45, 2.75) is 31.6 Å². The van der Waals surface area contributed by atoms with Crippen LogP contribution in [0.25, 0.3) is 0 Å². The minimum atomic E-state index is -4.60. The maximum absolute atomic E-state index is 13.9. The van der Waals surface area contributed by atoms with Gasteiger partial charge in [-0.15, -0.1) is 0 Å². The van der Waals surface area contributed by atoms with E-state index in [2.05, 4.69) is 15.7 Å². The number of carbonyl (C=O) groups is 1. The number of carbonyl (C=O) groups excluding carboxylic acids is 1. The fourth-order valence-corrected chi connectivity index (χ4v) is 4.13. The first-order valence-corrected chi connectivity index (χ1v) is 10.6. The van der Waals surface area contributed by atoms with E-state index in [-0.39, 0.29) is 33.7 Å². The van der Waals surface area contributed by atoms with Crippen molar-refractivity contribution in [2.24, 2.45) is 0 Å². The van der Waals surface area contributed by atoms with Crippen molar-refractivity contribution in [3.63, 3.8) is 0 Å². The zero-order valence-electron chi connectivity index (χ0n) is 16.5. The summed E-state index contributed by atoms with van der Waals surface area (Å²) in [6.07, 6.45) is -4.90. The van der Waals surface area contributed by atoms with Gasteiger partial charge in [-0.1, -0.05) is 64.6 Å². The zero-order chi connectivity index (χ0) is 23.2. The third kappa shape index (κ3) is 4.40. The summed E-state index contributed by atoms with van der Waals surface area (Å²) in [6.45, 7) is 1.89. The van der Waals surface area contributed by atoms with Crippen molar-refractivity contribution in [1.82, 2.24) is 9.78 Å². The predicted molar refractivity (Wildman–Crippen MR) is 119 cm³/mol. The minimum absolute atomic E-state index is 0.0758. The number of halogens is 6. The second-order valence-electron chi connectivity index (χ2n) is 7.43. The number of aromatic nitrogens is 2. The third-order valence-electron chi connectivity index (χ3n) is 5.17. The fraction of sp³-hybridized carbons (Fsp3) is 0.238. The molecule has 0 aliphatic carbocycles. The monoisotopic (exact) mass is 502 g/mol. The molecule has 32 heavy (non-hydrogen) atoms. The normalized spacial score (nSPS) is 18.1. The Morgan fingerprint density at radius 3 is 2.50 bits per heavy atom. The quantitative estimate of drug-likeness (QED) is 0.402. The van der Waals surface area contributed by atoms with Gasteiger partial charge in [0, 0.05) is 11.4 Å². The summed E-state index contributed by atoms with van der Waals surface area (Å²) in [4.78, 5) is 12.8. The molecule has 0 bridgehead atoms. The van der Waals surface area contributed by atoms with Gasteiger partial charge in [-0.2, -0.15) is 18.3 Å². The second-order valence-corrected chi connectivity index (χ2v) is 8.66. The van der Waals surface area contributed by atoms with Crippen molar-refractivity contribution in [3.8, 4) is 0 Å². The van der Waals surface area contributed by atoms with Crippen LogP contribution in [0.2, 0.25) is 15.1 Å². The molecular weight excluding hydrogens is 488 g/mol. The number of nitrogens with one attached hydrogen (secondary N) is 2. The maximum atomic E-state index is 13.9. The molecule has 2 atom stereocenters. The van der Waals surface area contributed by atoms with Crippen molar-refractivity contribution >= 4 is 52.2 Å². The number of fused-ring (bicyclic) bond motifs is 1. The Hall–Kier alpha value is -2.42. The number of benzene rings is 2. The average molecular weight is 504 g/mol. The lowest BCUT2D eigenvalue weighted by Gasteiger charge is -2.33. The molecule has 1 aliphatic heterocycles. The van der Waals surface area contributed by atoms with Gasteiger partial charge in [-0.25, -0.2) is 4.68 Å². The molecule has 0 fully saturated rings. The van der Waals surface area contributed by atoms with Crippen LogP contribution in [-0.4, -0.2) is 21.9 Å². The number of nitrogens with zero attached hydrogens (tertiary/aromatic N) is 2. The smallest absolute Gasteiger partial charge is 0.362 e. The molecule has 1 aromatic heterocycles. The average Bonchev–Trinajstić information content (AvgIpc) is 3.06. The topological polar surface area (TPSA) is 59.0 Å². The van der Waals surface area contributed by atoms with Gasteiger partial charge in [-0.3, -0.25) is 4.79 Å². The van der Waals surface area contributed by atoms with Crippen LogP contribution in [0.5, 0.6) is 0 Å². The van der Waals surface area contributed by atoms with Crippen LogP contribution < -0.4 is 10.6 Å². The fourth-order valence-electron chi connectivity index (χ4n) is 3.53. The Kier molecular flexibility index (Phi) is 6.04. The minimum Gasteiger partial charge on any atom is -0.362 e. The molecule has 0 saturated heterocycles. The first-order valence-electron chi connectivity index (χ1n) is 9.49. The van der Waals surface area contributed by atoms with E-state index in [0.717, 1.165) is 10.2 Å². The summed E-state index contributed by atoms with van der Waals surface area (Å²) >= 11 is 18.3. The van der Waals surface area contributed by atoms with Gasteiger partial charge in [0.2, 0.25) is 0 Å². The van der Waals surface area contributed by atoms with E-state index in [9.17, 15) is 18.0 Å². The molecular formula is C21H16Cl3F3N4O. The second kappa shape index (κ2) is 8.50. The Bertz CT molecular complexity index is 1180. The summed E-state index contributed by atoms with van der Waals surface area (Å²) in [7, 11) is 0. The van der Waals surface area contributed by atoms with Crippen LogP contribution in [0.3, 0.4) is 0 Å². The maximum Gasteiger partial charge on any atom is 0.410 e. The SMILES string of the molecule is Cc1ccc([C@@H]2C[C@@H](C(F)(F)F)n3nc(C(=O)Nc4cc(Cl)ccc4Cl)c(Cl)c3N2)cc1. The van der Waals surface area contributed by atoms with E-state index in [4.69, 9.17) is 34.8 Å². The summed E-state index contributed by atoms with van der Waals surface area (Å²) < 4.78 is 42.4. The van der Waals surface area contributed by atoms with Crippen LogP contribution >= 0.6 is 34.8 Å². The Morgan fingerprint density at radius 1 is 1.16 bits per heavy atom. The number of hydrogen-bond acceptors (Lipinski definition) is 3. The Morgan fingerprint density at radius 2 is 1.84 bits per heavy atom.